The Morgan fingerprint density at radius 3 is 2.61 bits per heavy atom. The van der Waals surface area contributed by atoms with Crippen LogP contribution < -0.4 is 5.32 Å². The lowest BCUT2D eigenvalue weighted by Crippen LogP contribution is -2.01. The Kier molecular flexibility index (Phi) is 3.94. The molecule has 0 aliphatic heterocycles. The molecule has 94 valence electrons. The minimum atomic E-state index is -0.371. The van der Waals surface area contributed by atoms with E-state index in [1.165, 1.54) is 24.3 Å². The van der Waals surface area contributed by atoms with Crippen LogP contribution in [0, 0.1) is 5.82 Å². The summed E-state index contributed by atoms with van der Waals surface area (Å²) >= 11 is 11.6. The van der Waals surface area contributed by atoms with Gasteiger partial charge in [0.15, 0.2) is 0 Å². The highest BCUT2D eigenvalue weighted by Gasteiger charge is 2.04. The highest BCUT2D eigenvalue weighted by atomic mass is 35.5. The van der Waals surface area contributed by atoms with E-state index in [4.69, 9.17) is 23.2 Å². The van der Waals surface area contributed by atoms with Crippen molar-refractivity contribution in [1.29, 1.82) is 0 Å². The number of hydrogen-bond acceptors (Lipinski definition) is 2. The molecule has 0 aliphatic carbocycles. The fraction of sp³-hybridized carbons (Fsp3) is 0.0769. The monoisotopic (exact) mass is 285 g/mol. The largest absolute Gasteiger partial charge is 0.506 e. The van der Waals surface area contributed by atoms with Crippen LogP contribution in [0.4, 0.5) is 10.1 Å². The Hall–Kier alpha value is -1.45. The molecular formula is C13H10Cl2FNO. The molecule has 0 spiro atoms. The predicted molar refractivity (Wildman–Crippen MR) is 71.9 cm³/mol. The molecular weight excluding hydrogens is 276 g/mol. The van der Waals surface area contributed by atoms with E-state index >= 15 is 0 Å². The summed E-state index contributed by atoms with van der Waals surface area (Å²) in [6.45, 7) is 0.386. The second-order valence-corrected chi connectivity index (χ2v) is 4.61. The number of benzene rings is 2. The van der Waals surface area contributed by atoms with Crippen LogP contribution in [-0.2, 0) is 6.54 Å². The second-order valence-electron chi connectivity index (χ2n) is 3.76. The van der Waals surface area contributed by atoms with Crippen molar-refractivity contribution in [3.8, 4) is 5.75 Å². The third-order valence-corrected chi connectivity index (χ3v) is 2.96. The van der Waals surface area contributed by atoms with E-state index in [0.717, 1.165) is 5.56 Å². The molecule has 0 atom stereocenters. The summed E-state index contributed by atoms with van der Waals surface area (Å²) in [6, 6.07) is 9.11. The van der Waals surface area contributed by atoms with Gasteiger partial charge in [-0.3, -0.25) is 0 Å². The zero-order valence-corrected chi connectivity index (χ0v) is 10.8. The zero-order valence-electron chi connectivity index (χ0n) is 9.25. The van der Waals surface area contributed by atoms with Gasteiger partial charge in [-0.25, -0.2) is 4.39 Å². The summed E-state index contributed by atoms with van der Waals surface area (Å²) in [4.78, 5) is 0. The van der Waals surface area contributed by atoms with Gasteiger partial charge in [0.2, 0.25) is 0 Å². The van der Waals surface area contributed by atoms with E-state index in [-0.39, 0.29) is 16.6 Å². The molecule has 0 fully saturated rings. The number of aromatic hydroxyl groups is 1. The molecule has 18 heavy (non-hydrogen) atoms. The fourth-order valence-electron chi connectivity index (χ4n) is 1.49. The zero-order chi connectivity index (χ0) is 13.1. The molecule has 0 amide bonds. The Morgan fingerprint density at radius 1 is 1.11 bits per heavy atom. The summed E-state index contributed by atoms with van der Waals surface area (Å²) in [6.07, 6.45) is 0. The highest BCUT2D eigenvalue weighted by molar-refractivity contribution is 6.32. The van der Waals surface area contributed by atoms with Crippen LogP contribution in [0.2, 0.25) is 10.0 Å². The van der Waals surface area contributed by atoms with E-state index in [9.17, 15) is 9.50 Å². The molecule has 2 aromatic rings. The Morgan fingerprint density at radius 2 is 1.89 bits per heavy atom. The molecule has 2 nitrogen and oxygen atoms in total. The van der Waals surface area contributed by atoms with Crippen LogP contribution in [-0.4, -0.2) is 5.11 Å². The summed E-state index contributed by atoms with van der Waals surface area (Å²) in [7, 11) is 0. The quantitative estimate of drug-likeness (QED) is 0.873. The van der Waals surface area contributed by atoms with Crippen molar-refractivity contribution < 1.29 is 9.50 Å². The van der Waals surface area contributed by atoms with E-state index < -0.39 is 0 Å². The number of phenols is 1. The lowest BCUT2D eigenvalue weighted by molar-refractivity contribution is 0.475. The van der Waals surface area contributed by atoms with Gasteiger partial charge in [0.25, 0.3) is 0 Å². The Balaban J connectivity index is 2.11. The van der Waals surface area contributed by atoms with Gasteiger partial charge in [0.05, 0.1) is 10.7 Å². The Labute approximate surface area is 114 Å². The van der Waals surface area contributed by atoms with Crippen LogP contribution in [0.25, 0.3) is 0 Å². The molecule has 0 aromatic heterocycles. The molecule has 0 saturated carbocycles. The van der Waals surface area contributed by atoms with Crippen LogP contribution >= 0.6 is 23.2 Å². The van der Waals surface area contributed by atoms with Gasteiger partial charge in [-0.1, -0.05) is 29.3 Å². The van der Waals surface area contributed by atoms with E-state index in [0.29, 0.717) is 17.3 Å². The average Bonchev–Trinajstić information content (AvgIpc) is 2.34. The number of phenolic OH excluding ortho intramolecular Hbond substituents is 1. The number of halogens is 3. The van der Waals surface area contributed by atoms with E-state index in [1.807, 2.05) is 0 Å². The normalized spacial score (nSPS) is 10.4. The van der Waals surface area contributed by atoms with Crippen LogP contribution in [0.5, 0.6) is 5.75 Å². The fourth-order valence-corrected chi connectivity index (χ4v) is 1.87. The minimum Gasteiger partial charge on any atom is -0.506 e. The summed E-state index contributed by atoms with van der Waals surface area (Å²) in [5.74, 6) is -0.348. The standard InChI is InChI=1S/C13H10Cl2FNO/c14-9-2-3-11(16)12(6-9)17-7-8-1-4-13(18)10(15)5-8/h1-6,17-18H,7H2. The SMILES string of the molecule is Oc1ccc(CNc2cc(Cl)ccc2F)cc1Cl. The maximum absolute atomic E-state index is 13.4. The van der Waals surface area contributed by atoms with Crippen molar-refractivity contribution >= 4 is 28.9 Å². The topological polar surface area (TPSA) is 32.3 Å². The third-order valence-electron chi connectivity index (χ3n) is 2.42. The molecule has 0 aliphatic rings. The number of nitrogens with one attached hydrogen (secondary N) is 1. The van der Waals surface area contributed by atoms with Gasteiger partial charge in [0, 0.05) is 11.6 Å². The molecule has 2 rings (SSSR count). The van der Waals surface area contributed by atoms with Crippen molar-refractivity contribution in [2.24, 2.45) is 0 Å². The highest BCUT2D eigenvalue weighted by Crippen LogP contribution is 2.25. The molecule has 2 N–H and O–H groups in total. The first-order valence-electron chi connectivity index (χ1n) is 5.22. The first-order valence-corrected chi connectivity index (χ1v) is 5.98. The number of anilines is 1. The average molecular weight is 286 g/mol. The second kappa shape index (κ2) is 5.46. The van der Waals surface area contributed by atoms with Crippen LogP contribution in [0.15, 0.2) is 36.4 Å². The summed E-state index contributed by atoms with van der Waals surface area (Å²) in [5.41, 5.74) is 1.16. The van der Waals surface area contributed by atoms with Crippen LogP contribution in [0.1, 0.15) is 5.56 Å². The lowest BCUT2D eigenvalue weighted by Gasteiger charge is -2.08. The number of rotatable bonds is 3. The maximum Gasteiger partial charge on any atom is 0.146 e. The summed E-state index contributed by atoms with van der Waals surface area (Å²) < 4.78 is 13.4. The van der Waals surface area contributed by atoms with E-state index in [1.54, 1.807) is 12.1 Å². The van der Waals surface area contributed by atoms with Crippen LogP contribution in [0.3, 0.4) is 0 Å². The first kappa shape index (κ1) is 13.0. The molecule has 0 saturated heterocycles. The van der Waals surface area contributed by atoms with E-state index in [2.05, 4.69) is 5.32 Å². The van der Waals surface area contributed by atoms with Gasteiger partial charge in [0.1, 0.15) is 11.6 Å². The van der Waals surface area contributed by atoms with Gasteiger partial charge in [-0.2, -0.15) is 0 Å². The van der Waals surface area contributed by atoms with Crippen molar-refractivity contribution in [3.63, 3.8) is 0 Å². The lowest BCUT2D eigenvalue weighted by atomic mass is 10.2. The van der Waals surface area contributed by atoms with Crippen molar-refractivity contribution in [1.82, 2.24) is 0 Å². The predicted octanol–water partition coefficient (Wildman–Crippen LogP) is 4.45. The molecule has 5 heteroatoms. The smallest absolute Gasteiger partial charge is 0.146 e. The van der Waals surface area contributed by atoms with Gasteiger partial charge in [-0.15, -0.1) is 0 Å². The Bertz CT molecular complexity index is 575. The molecule has 2 aromatic carbocycles. The van der Waals surface area contributed by atoms with Crippen molar-refractivity contribution in [3.05, 3.63) is 57.8 Å². The maximum atomic E-state index is 13.4. The first-order chi connectivity index (χ1) is 8.56. The van der Waals surface area contributed by atoms with Gasteiger partial charge in [-0.05, 0) is 35.9 Å². The molecule has 0 radical (unpaired) electrons. The summed E-state index contributed by atoms with van der Waals surface area (Å²) in [5, 5.41) is 12.9. The number of hydrogen-bond donors (Lipinski definition) is 2. The van der Waals surface area contributed by atoms with Crippen molar-refractivity contribution in [2.45, 2.75) is 6.54 Å². The van der Waals surface area contributed by atoms with Gasteiger partial charge >= 0.3 is 0 Å². The molecule has 0 heterocycles. The molecule has 0 bridgehead atoms. The van der Waals surface area contributed by atoms with Gasteiger partial charge < -0.3 is 10.4 Å². The van der Waals surface area contributed by atoms with Crippen molar-refractivity contribution in [2.75, 3.05) is 5.32 Å². The molecule has 0 unspecified atom stereocenters. The third kappa shape index (κ3) is 3.06. The minimum absolute atomic E-state index is 0.0225.